The van der Waals surface area contributed by atoms with Crippen LogP contribution in [-0.2, 0) is 5.41 Å². The standard InChI is InChI=1S/C21H17ClS/c1-21(2)17-10-8-15(14-6-4-3-5-7-14)12-19(17)23-20-13-16(22)9-11-18(20)21/h3-13H,1-2H3. The van der Waals surface area contributed by atoms with Crippen molar-refractivity contribution in [3.05, 3.63) is 82.9 Å². The summed E-state index contributed by atoms with van der Waals surface area (Å²) in [5, 5.41) is 0.801. The van der Waals surface area contributed by atoms with Crippen molar-refractivity contribution >= 4 is 23.4 Å². The van der Waals surface area contributed by atoms with Crippen LogP contribution in [0.15, 0.2) is 76.5 Å². The molecule has 0 unspecified atom stereocenters. The summed E-state index contributed by atoms with van der Waals surface area (Å²) in [5.41, 5.74) is 5.25. The molecule has 4 rings (SSSR count). The summed E-state index contributed by atoms with van der Waals surface area (Å²) in [5.74, 6) is 0. The van der Waals surface area contributed by atoms with Crippen molar-refractivity contribution in [2.24, 2.45) is 0 Å². The van der Waals surface area contributed by atoms with Gasteiger partial charge in [-0.25, -0.2) is 0 Å². The first-order valence-corrected chi connectivity index (χ1v) is 8.93. The van der Waals surface area contributed by atoms with Crippen molar-refractivity contribution in [2.45, 2.75) is 29.1 Å². The molecule has 0 fully saturated rings. The Kier molecular flexibility index (Phi) is 3.51. The normalized spacial score (nSPS) is 14.9. The second-order valence-electron chi connectivity index (χ2n) is 6.44. The molecule has 0 aliphatic carbocycles. The van der Waals surface area contributed by atoms with Gasteiger partial charge in [0.1, 0.15) is 0 Å². The number of benzene rings is 3. The highest BCUT2D eigenvalue weighted by atomic mass is 35.5. The van der Waals surface area contributed by atoms with E-state index in [9.17, 15) is 0 Å². The molecule has 1 aliphatic heterocycles. The summed E-state index contributed by atoms with van der Waals surface area (Å²) in [6.07, 6.45) is 0. The maximum Gasteiger partial charge on any atom is 0.0417 e. The third kappa shape index (κ3) is 2.49. The van der Waals surface area contributed by atoms with E-state index in [4.69, 9.17) is 11.6 Å². The molecular formula is C21H17ClS. The maximum absolute atomic E-state index is 6.21. The predicted octanol–water partition coefficient (Wildman–Crippen LogP) is 6.80. The fraction of sp³-hybridized carbons (Fsp3) is 0.143. The van der Waals surface area contributed by atoms with Crippen LogP contribution in [0.3, 0.4) is 0 Å². The Morgan fingerprint density at radius 3 is 2.13 bits per heavy atom. The Balaban J connectivity index is 1.87. The number of fused-ring (bicyclic) bond motifs is 2. The van der Waals surface area contributed by atoms with Gasteiger partial charge in [-0.1, -0.05) is 85.7 Å². The first-order chi connectivity index (χ1) is 11.1. The fourth-order valence-corrected chi connectivity index (χ4v) is 5.01. The van der Waals surface area contributed by atoms with Crippen molar-refractivity contribution in [1.29, 1.82) is 0 Å². The minimum atomic E-state index is -0.00424. The second kappa shape index (κ2) is 5.43. The molecule has 3 aromatic rings. The van der Waals surface area contributed by atoms with E-state index in [2.05, 4.69) is 74.5 Å². The van der Waals surface area contributed by atoms with Gasteiger partial charge in [0.15, 0.2) is 0 Å². The van der Waals surface area contributed by atoms with E-state index in [1.165, 1.54) is 32.0 Å². The number of hydrogen-bond acceptors (Lipinski definition) is 1. The summed E-state index contributed by atoms with van der Waals surface area (Å²) in [7, 11) is 0. The SMILES string of the molecule is CC1(C)c2ccc(Cl)cc2Sc2cc(-c3ccccc3)ccc21. The minimum Gasteiger partial charge on any atom is -0.0894 e. The van der Waals surface area contributed by atoms with E-state index in [-0.39, 0.29) is 5.41 Å². The van der Waals surface area contributed by atoms with Crippen molar-refractivity contribution in [3.8, 4) is 11.1 Å². The molecule has 3 aromatic carbocycles. The summed E-state index contributed by atoms with van der Waals surface area (Å²) in [4.78, 5) is 2.59. The zero-order chi connectivity index (χ0) is 16.0. The van der Waals surface area contributed by atoms with Crippen molar-refractivity contribution in [1.82, 2.24) is 0 Å². The second-order valence-corrected chi connectivity index (χ2v) is 7.96. The van der Waals surface area contributed by atoms with Crippen LogP contribution in [-0.4, -0.2) is 0 Å². The molecule has 0 saturated carbocycles. The highest BCUT2D eigenvalue weighted by molar-refractivity contribution is 7.99. The van der Waals surface area contributed by atoms with Crippen LogP contribution >= 0.6 is 23.4 Å². The Morgan fingerprint density at radius 2 is 1.39 bits per heavy atom. The van der Waals surface area contributed by atoms with Crippen molar-refractivity contribution in [2.75, 3.05) is 0 Å². The molecule has 0 saturated heterocycles. The average Bonchev–Trinajstić information content (AvgIpc) is 2.55. The quantitative estimate of drug-likeness (QED) is 0.471. The van der Waals surface area contributed by atoms with Gasteiger partial charge in [-0.3, -0.25) is 0 Å². The largest absolute Gasteiger partial charge is 0.0894 e. The molecule has 0 nitrogen and oxygen atoms in total. The molecule has 0 radical (unpaired) electrons. The van der Waals surface area contributed by atoms with Crippen LogP contribution in [0.5, 0.6) is 0 Å². The lowest BCUT2D eigenvalue weighted by atomic mass is 9.77. The molecule has 0 N–H and O–H groups in total. The molecule has 2 heteroatoms. The summed E-state index contributed by atoms with van der Waals surface area (Å²) < 4.78 is 0. The first-order valence-electron chi connectivity index (χ1n) is 7.73. The zero-order valence-corrected chi connectivity index (χ0v) is 14.7. The average molecular weight is 337 g/mol. The summed E-state index contributed by atoms with van der Waals surface area (Å²) in [6.45, 7) is 4.58. The summed E-state index contributed by atoms with van der Waals surface area (Å²) in [6, 6.07) is 23.6. The van der Waals surface area contributed by atoms with Gasteiger partial charge in [0.25, 0.3) is 0 Å². The van der Waals surface area contributed by atoms with E-state index in [0.29, 0.717) is 0 Å². The molecule has 1 heterocycles. The first kappa shape index (κ1) is 14.9. The lowest BCUT2D eigenvalue weighted by Gasteiger charge is -2.35. The lowest BCUT2D eigenvalue weighted by molar-refractivity contribution is 0.607. The maximum atomic E-state index is 6.21. The topological polar surface area (TPSA) is 0 Å². The van der Waals surface area contributed by atoms with E-state index < -0.39 is 0 Å². The van der Waals surface area contributed by atoms with Gasteiger partial charge in [0.2, 0.25) is 0 Å². The highest BCUT2D eigenvalue weighted by Gasteiger charge is 2.33. The number of rotatable bonds is 1. The Hall–Kier alpha value is -1.70. The van der Waals surface area contributed by atoms with Gasteiger partial charge < -0.3 is 0 Å². The van der Waals surface area contributed by atoms with Crippen molar-refractivity contribution in [3.63, 3.8) is 0 Å². The Labute approximate surface area is 146 Å². The molecule has 0 bridgehead atoms. The smallest absolute Gasteiger partial charge is 0.0417 e. The van der Waals surface area contributed by atoms with Crippen LogP contribution in [0.1, 0.15) is 25.0 Å². The van der Waals surface area contributed by atoms with Crippen LogP contribution in [0.2, 0.25) is 5.02 Å². The Morgan fingerprint density at radius 1 is 0.739 bits per heavy atom. The zero-order valence-electron chi connectivity index (χ0n) is 13.1. The lowest BCUT2D eigenvalue weighted by Crippen LogP contribution is -2.23. The molecule has 0 spiro atoms. The van der Waals surface area contributed by atoms with Gasteiger partial charge in [0, 0.05) is 20.2 Å². The van der Waals surface area contributed by atoms with Crippen LogP contribution in [0, 0.1) is 0 Å². The minimum absolute atomic E-state index is 0.00424. The van der Waals surface area contributed by atoms with E-state index in [0.717, 1.165) is 5.02 Å². The molecule has 0 aromatic heterocycles. The fourth-order valence-electron chi connectivity index (χ4n) is 3.29. The van der Waals surface area contributed by atoms with Gasteiger partial charge in [-0.2, -0.15) is 0 Å². The summed E-state index contributed by atoms with van der Waals surface area (Å²) >= 11 is 8.03. The third-order valence-electron chi connectivity index (χ3n) is 4.60. The molecule has 114 valence electrons. The van der Waals surface area contributed by atoms with E-state index >= 15 is 0 Å². The van der Waals surface area contributed by atoms with Gasteiger partial charge >= 0.3 is 0 Å². The van der Waals surface area contributed by atoms with E-state index in [1.807, 2.05) is 17.8 Å². The van der Waals surface area contributed by atoms with Gasteiger partial charge in [0.05, 0.1) is 0 Å². The third-order valence-corrected chi connectivity index (χ3v) is 5.95. The monoisotopic (exact) mass is 336 g/mol. The number of halogens is 1. The molecule has 1 aliphatic rings. The van der Waals surface area contributed by atoms with Gasteiger partial charge in [-0.15, -0.1) is 0 Å². The molecular weight excluding hydrogens is 320 g/mol. The molecule has 23 heavy (non-hydrogen) atoms. The predicted molar refractivity (Wildman–Crippen MR) is 99.6 cm³/mol. The van der Waals surface area contributed by atoms with Gasteiger partial charge in [-0.05, 0) is 40.5 Å². The molecule has 0 amide bonds. The number of hydrogen-bond donors (Lipinski definition) is 0. The molecule has 0 atom stereocenters. The van der Waals surface area contributed by atoms with Crippen molar-refractivity contribution < 1.29 is 0 Å². The highest BCUT2D eigenvalue weighted by Crippen LogP contribution is 2.50. The van der Waals surface area contributed by atoms with Crippen LogP contribution in [0.25, 0.3) is 11.1 Å². The van der Waals surface area contributed by atoms with Crippen LogP contribution in [0.4, 0.5) is 0 Å². The van der Waals surface area contributed by atoms with Crippen LogP contribution < -0.4 is 0 Å². The Bertz CT molecular complexity index is 882. The van der Waals surface area contributed by atoms with E-state index in [1.54, 1.807) is 0 Å².